The highest BCUT2D eigenvalue weighted by atomic mass is 127. The van der Waals surface area contributed by atoms with E-state index in [0.29, 0.717) is 9.61 Å². The fourth-order valence-electron chi connectivity index (χ4n) is 2.00. The highest BCUT2D eigenvalue weighted by molar-refractivity contribution is 14.1. The van der Waals surface area contributed by atoms with Crippen LogP contribution in [0, 0.1) is 16.3 Å². The number of aryl methyl sites for hydroxylation is 1. The van der Waals surface area contributed by atoms with Crippen molar-refractivity contribution in [2.75, 3.05) is 0 Å². The van der Waals surface area contributed by atoms with Gasteiger partial charge in [0, 0.05) is 12.1 Å². The third-order valence-corrected chi connectivity index (χ3v) is 3.65. The minimum absolute atomic E-state index is 0.148. The van der Waals surface area contributed by atoms with Crippen LogP contribution in [-0.4, -0.2) is 9.55 Å². The van der Waals surface area contributed by atoms with Crippen LogP contribution < -0.4 is 0 Å². The molecule has 0 aliphatic heterocycles. The Morgan fingerprint density at radius 3 is 2.87 bits per heavy atom. The smallest absolute Gasteiger partial charge is 0.138 e. The predicted molar refractivity (Wildman–Crippen MR) is 65.4 cm³/mol. The summed E-state index contributed by atoms with van der Waals surface area (Å²) in [6, 6.07) is 3.97. The van der Waals surface area contributed by atoms with Crippen LogP contribution in [0.25, 0.3) is 11.0 Å². The second kappa shape index (κ2) is 3.17. The lowest BCUT2D eigenvalue weighted by molar-refractivity contribution is 0.620. The zero-order valence-electron chi connectivity index (χ0n) is 8.30. The molecule has 0 bridgehead atoms. The molecule has 0 amide bonds. The van der Waals surface area contributed by atoms with Crippen molar-refractivity contribution in [1.29, 1.82) is 0 Å². The number of imidazole rings is 1. The van der Waals surface area contributed by atoms with Gasteiger partial charge >= 0.3 is 0 Å². The van der Waals surface area contributed by atoms with Gasteiger partial charge in [0.05, 0.1) is 14.6 Å². The van der Waals surface area contributed by atoms with Gasteiger partial charge in [-0.25, -0.2) is 9.37 Å². The van der Waals surface area contributed by atoms with E-state index in [1.807, 2.05) is 35.6 Å². The van der Waals surface area contributed by atoms with Gasteiger partial charge in [-0.05, 0) is 48.4 Å². The summed E-state index contributed by atoms with van der Waals surface area (Å²) in [4.78, 5) is 4.47. The monoisotopic (exact) mass is 316 g/mol. The Morgan fingerprint density at radius 1 is 1.47 bits per heavy atom. The summed E-state index contributed by atoms with van der Waals surface area (Å²) in [6.45, 7) is 1.99. The number of hydrogen-bond acceptors (Lipinski definition) is 1. The lowest BCUT2D eigenvalue weighted by Gasteiger charge is -2.03. The van der Waals surface area contributed by atoms with E-state index >= 15 is 0 Å². The van der Waals surface area contributed by atoms with Gasteiger partial charge in [0.1, 0.15) is 11.6 Å². The van der Waals surface area contributed by atoms with Crippen LogP contribution in [0.5, 0.6) is 0 Å². The van der Waals surface area contributed by atoms with Gasteiger partial charge in [-0.2, -0.15) is 0 Å². The van der Waals surface area contributed by atoms with E-state index in [4.69, 9.17) is 0 Å². The van der Waals surface area contributed by atoms with Crippen LogP contribution in [-0.2, 0) is 0 Å². The molecule has 1 fully saturated rings. The molecule has 1 saturated carbocycles. The van der Waals surface area contributed by atoms with E-state index in [2.05, 4.69) is 9.55 Å². The van der Waals surface area contributed by atoms with Crippen LogP contribution in [0.3, 0.4) is 0 Å². The Morgan fingerprint density at radius 2 is 2.20 bits per heavy atom. The Bertz CT molecular complexity index is 543. The molecule has 0 atom stereocenters. The summed E-state index contributed by atoms with van der Waals surface area (Å²) in [6.07, 6.45) is 2.39. The fourth-order valence-corrected chi connectivity index (χ4v) is 2.46. The number of benzene rings is 1. The SMILES string of the molecule is Cc1nc2cc(I)c(F)cc2n1C1CC1. The van der Waals surface area contributed by atoms with Gasteiger partial charge in [0.25, 0.3) is 0 Å². The second-order valence-corrected chi connectivity index (χ2v) is 5.18. The topological polar surface area (TPSA) is 17.8 Å². The molecular weight excluding hydrogens is 306 g/mol. The first kappa shape index (κ1) is 9.57. The predicted octanol–water partition coefficient (Wildman–Crippen LogP) is 3.42. The zero-order chi connectivity index (χ0) is 10.6. The number of nitrogens with zero attached hydrogens (tertiary/aromatic N) is 2. The van der Waals surface area contributed by atoms with Crippen molar-refractivity contribution >= 4 is 33.6 Å². The van der Waals surface area contributed by atoms with E-state index in [9.17, 15) is 4.39 Å². The second-order valence-electron chi connectivity index (χ2n) is 4.02. The van der Waals surface area contributed by atoms with Crippen molar-refractivity contribution in [2.45, 2.75) is 25.8 Å². The molecule has 3 rings (SSSR count). The summed E-state index contributed by atoms with van der Waals surface area (Å²) in [5.41, 5.74) is 1.85. The molecule has 2 nitrogen and oxygen atoms in total. The first-order valence-electron chi connectivity index (χ1n) is 5.00. The molecule has 1 heterocycles. The molecular formula is C11H10FIN2. The fraction of sp³-hybridized carbons (Fsp3) is 0.364. The molecule has 1 aromatic carbocycles. The van der Waals surface area contributed by atoms with E-state index in [1.54, 1.807) is 6.07 Å². The lowest BCUT2D eigenvalue weighted by Crippen LogP contribution is -1.96. The summed E-state index contributed by atoms with van der Waals surface area (Å²) >= 11 is 2.00. The molecule has 0 unspecified atom stereocenters. The lowest BCUT2D eigenvalue weighted by atomic mass is 10.3. The van der Waals surface area contributed by atoms with Crippen molar-refractivity contribution < 1.29 is 4.39 Å². The number of aromatic nitrogens is 2. The van der Waals surface area contributed by atoms with Crippen LogP contribution >= 0.6 is 22.6 Å². The minimum atomic E-state index is -0.148. The van der Waals surface area contributed by atoms with Gasteiger partial charge in [-0.1, -0.05) is 0 Å². The molecule has 15 heavy (non-hydrogen) atoms. The van der Waals surface area contributed by atoms with Crippen molar-refractivity contribution in [3.63, 3.8) is 0 Å². The number of hydrogen-bond donors (Lipinski definition) is 0. The van der Waals surface area contributed by atoms with Gasteiger partial charge < -0.3 is 4.57 Å². The molecule has 0 spiro atoms. The Labute approximate surface area is 101 Å². The zero-order valence-corrected chi connectivity index (χ0v) is 10.5. The Balaban J connectivity index is 2.34. The van der Waals surface area contributed by atoms with Gasteiger partial charge in [0.2, 0.25) is 0 Å². The number of fused-ring (bicyclic) bond motifs is 1. The van der Waals surface area contributed by atoms with E-state index in [0.717, 1.165) is 16.9 Å². The number of halogens is 2. The van der Waals surface area contributed by atoms with E-state index in [-0.39, 0.29) is 5.82 Å². The molecule has 0 N–H and O–H groups in total. The van der Waals surface area contributed by atoms with Gasteiger partial charge in [-0.15, -0.1) is 0 Å². The van der Waals surface area contributed by atoms with Crippen LogP contribution in [0.1, 0.15) is 24.7 Å². The van der Waals surface area contributed by atoms with Crippen molar-refractivity contribution in [3.8, 4) is 0 Å². The molecule has 1 aliphatic rings. The molecule has 1 aliphatic carbocycles. The standard InChI is InChI=1S/C11H10FIN2/c1-6-14-10-5-9(13)8(12)4-11(10)15(6)7-2-3-7/h4-5,7H,2-3H2,1H3. The highest BCUT2D eigenvalue weighted by Gasteiger charge is 2.27. The molecule has 2 aromatic rings. The van der Waals surface area contributed by atoms with Gasteiger partial charge in [-0.3, -0.25) is 0 Å². The Hall–Kier alpha value is -0.650. The first-order chi connectivity index (χ1) is 7.16. The van der Waals surface area contributed by atoms with Crippen molar-refractivity contribution in [2.24, 2.45) is 0 Å². The third-order valence-electron chi connectivity index (χ3n) is 2.82. The maximum Gasteiger partial charge on any atom is 0.138 e. The molecule has 1 aromatic heterocycles. The average Bonchev–Trinajstić information content (AvgIpc) is 2.93. The maximum absolute atomic E-state index is 13.5. The van der Waals surface area contributed by atoms with Crippen LogP contribution in [0.4, 0.5) is 4.39 Å². The minimum Gasteiger partial charge on any atom is -0.325 e. The van der Waals surface area contributed by atoms with Crippen molar-refractivity contribution in [3.05, 3.63) is 27.3 Å². The van der Waals surface area contributed by atoms with Crippen LogP contribution in [0.15, 0.2) is 12.1 Å². The highest BCUT2D eigenvalue weighted by Crippen LogP contribution is 2.38. The summed E-state index contributed by atoms with van der Waals surface area (Å²) in [7, 11) is 0. The van der Waals surface area contributed by atoms with Crippen molar-refractivity contribution in [1.82, 2.24) is 9.55 Å². The molecule has 78 valence electrons. The summed E-state index contributed by atoms with van der Waals surface area (Å²) in [5.74, 6) is 0.846. The van der Waals surface area contributed by atoms with E-state index < -0.39 is 0 Å². The number of rotatable bonds is 1. The quantitative estimate of drug-likeness (QED) is 0.737. The molecule has 0 saturated heterocycles. The average molecular weight is 316 g/mol. The summed E-state index contributed by atoms with van der Waals surface area (Å²) < 4.78 is 16.3. The van der Waals surface area contributed by atoms with Gasteiger partial charge in [0.15, 0.2) is 0 Å². The normalized spacial score (nSPS) is 16.2. The first-order valence-corrected chi connectivity index (χ1v) is 6.08. The largest absolute Gasteiger partial charge is 0.325 e. The van der Waals surface area contributed by atoms with Crippen LogP contribution in [0.2, 0.25) is 0 Å². The maximum atomic E-state index is 13.5. The van der Waals surface area contributed by atoms with E-state index in [1.165, 1.54) is 12.8 Å². The molecule has 0 radical (unpaired) electrons. The summed E-state index contributed by atoms with van der Waals surface area (Å²) in [5, 5.41) is 0. The Kier molecular flexibility index (Phi) is 2.02. The molecule has 4 heteroatoms. The third kappa shape index (κ3) is 1.46.